The van der Waals surface area contributed by atoms with Crippen LogP contribution in [0.3, 0.4) is 0 Å². The summed E-state index contributed by atoms with van der Waals surface area (Å²) in [6.07, 6.45) is 15.9. The molecule has 0 radical (unpaired) electrons. The molecule has 7 atom stereocenters. The van der Waals surface area contributed by atoms with Crippen molar-refractivity contribution in [3.05, 3.63) is 0 Å². The molecule has 0 spiro atoms. The monoisotopic (exact) mass is 1660 g/mol. The SMILES string of the molecule is C.CC(C)C(F)(F)C1CC1.CC(C)C(O)C(C)(C)C.CC(C)C(O)C1CC1.CC(C)[C@@H](O)C1CC1.CC(C)[C@H](O)C1CC1.CCC(F)(F)C(C)(C)C.CCC(O)C(C)(C)C.CN=C(C(C)C)C(C)(C)C.CN=C(C1CC1)C(C)(C)C.CO/N=C(\C(C)C)C(C)(C)C.COC(C(C)C)C1CC1.COCC(C)C.COCCC(O)C(C)C. The van der Waals surface area contributed by atoms with Crippen LogP contribution in [-0.4, -0.2) is 158 Å². The Balaban J connectivity index is -0.000000180. The van der Waals surface area contributed by atoms with E-state index < -0.39 is 23.2 Å². The summed E-state index contributed by atoms with van der Waals surface area (Å²) in [7, 11) is 10.6. The fourth-order valence-corrected chi connectivity index (χ4v) is 12.5. The van der Waals surface area contributed by atoms with E-state index in [9.17, 15) is 48.2 Å². The van der Waals surface area contributed by atoms with Crippen LogP contribution in [0.1, 0.15) is 381 Å². The fourth-order valence-electron chi connectivity index (χ4n) is 12.5. The van der Waals surface area contributed by atoms with Crippen molar-refractivity contribution >= 4 is 17.1 Å². The van der Waals surface area contributed by atoms with E-state index in [2.05, 4.69) is 195 Å². The summed E-state index contributed by atoms with van der Waals surface area (Å²) in [6.45, 7) is 82.8. The van der Waals surface area contributed by atoms with Gasteiger partial charge in [-0.05, 0) is 184 Å². The molecule has 6 rings (SSSR count). The van der Waals surface area contributed by atoms with Crippen LogP contribution in [0.2, 0.25) is 0 Å². The smallest absolute Gasteiger partial charge is 0.253 e. The Morgan fingerprint density at radius 2 is 0.783 bits per heavy atom. The number of aliphatic hydroxyl groups excluding tert-OH is 6. The molecule has 0 aromatic rings. The first kappa shape index (κ1) is 129. The second kappa shape index (κ2) is 63.1. The quantitative estimate of drug-likeness (QED) is 0.0307. The lowest BCUT2D eigenvalue weighted by Crippen LogP contribution is -2.32. The molecular weight excluding hydrogens is 1460 g/mol. The van der Waals surface area contributed by atoms with Gasteiger partial charge in [-0.25, -0.2) is 17.6 Å². The molecule has 0 aromatic heterocycles. The lowest BCUT2D eigenvalue weighted by atomic mass is 9.83. The third-order valence-corrected chi connectivity index (χ3v) is 20.6. The minimum absolute atomic E-state index is 0. The minimum atomic E-state index is -2.52. The molecule has 0 amide bonds. The van der Waals surface area contributed by atoms with Crippen molar-refractivity contribution in [1.82, 2.24) is 0 Å². The van der Waals surface area contributed by atoms with Crippen molar-refractivity contribution in [2.45, 2.75) is 435 Å². The summed E-state index contributed by atoms with van der Waals surface area (Å²) in [4.78, 5) is 13.4. The van der Waals surface area contributed by atoms with Crippen molar-refractivity contribution in [3.8, 4) is 0 Å². The van der Waals surface area contributed by atoms with Crippen LogP contribution in [0.25, 0.3) is 0 Å². The van der Waals surface area contributed by atoms with E-state index in [4.69, 9.17) is 19.0 Å². The molecule has 0 aromatic carbocycles. The van der Waals surface area contributed by atoms with Crippen LogP contribution in [0, 0.1) is 127 Å². The lowest BCUT2D eigenvalue weighted by Gasteiger charge is -2.28. The Labute approximate surface area is 714 Å². The highest BCUT2D eigenvalue weighted by Gasteiger charge is 2.49. The van der Waals surface area contributed by atoms with Crippen LogP contribution in [-0.2, 0) is 19.0 Å². The summed E-state index contributed by atoms with van der Waals surface area (Å²) in [5, 5.41) is 59.6. The number of nitrogens with zero attached hydrogens (tertiary/aromatic N) is 3. The van der Waals surface area contributed by atoms with Gasteiger partial charge in [0.25, 0.3) is 11.8 Å². The van der Waals surface area contributed by atoms with E-state index in [-0.39, 0.29) is 78.0 Å². The van der Waals surface area contributed by atoms with Gasteiger partial charge in [-0.1, -0.05) is 290 Å². The highest BCUT2D eigenvalue weighted by Crippen LogP contribution is 2.47. The van der Waals surface area contributed by atoms with Crippen molar-refractivity contribution in [2.24, 2.45) is 142 Å². The van der Waals surface area contributed by atoms with Gasteiger partial charge in [-0.3, -0.25) is 9.98 Å². The second-order valence-electron chi connectivity index (χ2n) is 42.9. The number of oxime groups is 1. The number of alkyl halides is 4. The minimum Gasteiger partial charge on any atom is -0.399 e. The van der Waals surface area contributed by atoms with E-state index in [1.54, 1.807) is 55.9 Å². The zero-order valence-electron chi connectivity index (χ0n) is 84.0. The molecule has 6 N–H and O–H groups in total. The Bertz CT molecular complexity index is 2240. The molecule has 0 bridgehead atoms. The maximum absolute atomic E-state index is 12.7. The molecule has 0 heterocycles. The van der Waals surface area contributed by atoms with Crippen LogP contribution < -0.4 is 0 Å². The fraction of sp³-hybridized carbons (Fsp3) is 0.969. The van der Waals surface area contributed by atoms with Crippen molar-refractivity contribution in [1.29, 1.82) is 0 Å². The van der Waals surface area contributed by atoms with Gasteiger partial charge in [0.2, 0.25) is 0 Å². The number of hydrogen-bond donors (Lipinski definition) is 6. The highest BCUT2D eigenvalue weighted by atomic mass is 19.3. The Morgan fingerprint density at radius 3 is 0.852 bits per heavy atom. The topological polar surface area (TPSA) is 195 Å². The van der Waals surface area contributed by atoms with Crippen LogP contribution in [0.4, 0.5) is 17.6 Å². The summed E-state index contributed by atoms with van der Waals surface area (Å²) < 4.78 is 65.7. The maximum atomic E-state index is 12.7. The normalized spacial score (nSPS) is 18.0. The summed E-state index contributed by atoms with van der Waals surface area (Å²) in [5.41, 5.74) is 3.69. The van der Waals surface area contributed by atoms with Crippen molar-refractivity contribution in [3.63, 3.8) is 0 Å². The van der Waals surface area contributed by atoms with Gasteiger partial charge < -0.3 is 49.7 Å². The Morgan fingerprint density at radius 1 is 0.426 bits per heavy atom. The van der Waals surface area contributed by atoms with Crippen molar-refractivity contribution < 1.29 is 67.2 Å². The molecular formula is C98H205F4N3O10. The average molecular weight is 1660 g/mol. The number of halogens is 4. The maximum Gasteiger partial charge on any atom is 0.253 e. The van der Waals surface area contributed by atoms with Gasteiger partial charge in [-0.2, -0.15) is 0 Å². The van der Waals surface area contributed by atoms with E-state index in [1.165, 1.54) is 82.6 Å². The third kappa shape index (κ3) is 69.3. The van der Waals surface area contributed by atoms with Gasteiger partial charge >= 0.3 is 0 Å². The molecule has 5 unspecified atom stereocenters. The number of methoxy groups -OCH3 is 3. The average Bonchev–Trinajstić information content (AvgIpc) is 1.71. The molecule has 0 aliphatic heterocycles. The standard InChI is InChI=1S/C9H19NO.C9H17N.C9H19N.C8H16O.C8H18O.C7H12F2.C7H14F2.C7H16O2.3C7H14O.C7H16O.C5H12O.CH4/c1-7(2)8(10-11-6)9(3,4)5;1-9(2,3)8(10-4)7-5-6-7;1-7(2)8(10-6)9(3,4)5;1-6(2)8(9-3)7-4-5-7;1-6(2)7(9)8(3,4)5;1-5(2)7(8,9)6-3-4-6;1-5-7(8,9)6(2,3)4;1-6(2)7(8)4-5-9-3;3*1-5(2)7(8)6-3-4-6;1-5-6(8)7(2,3)4;1-5(2)4-6-3;/h7H,1-6H3;7H,5-6H2,1-4H3;7H,1-6H3;6-8H,4-5H2,1-3H3;6-7,9H,1-5H3;5-6H,3-4H2,1-2H3;5H2,1-4H3;6-8H,4-5H2,1-3H3;3*5-8H,3-4H2,1-2H3;6,8H,5H2,1-4H3;5H,4H2,1-3H3;1H4/b10-8+;;;;;;;;;;;;;/t;;;;;;;;2*7-;;;;/m........10..../s1. The Kier molecular flexibility index (Phi) is 70.7. The third-order valence-electron chi connectivity index (χ3n) is 20.6. The van der Waals surface area contributed by atoms with Crippen LogP contribution in [0.15, 0.2) is 15.1 Å². The van der Waals surface area contributed by atoms with Gasteiger partial charge in [0, 0.05) is 100.0 Å². The summed E-state index contributed by atoms with van der Waals surface area (Å²) in [5.74, 6) is 2.46. The van der Waals surface area contributed by atoms with Gasteiger partial charge in [0.1, 0.15) is 7.11 Å². The largest absolute Gasteiger partial charge is 0.399 e. The van der Waals surface area contributed by atoms with Crippen LogP contribution >= 0.6 is 0 Å². The molecule has 17 heteroatoms. The van der Waals surface area contributed by atoms with Gasteiger partial charge in [0.15, 0.2) is 0 Å². The van der Waals surface area contributed by atoms with E-state index >= 15 is 0 Å². The number of aliphatic hydroxyl groups is 6. The predicted octanol–water partition coefficient (Wildman–Crippen LogP) is 26.9. The van der Waals surface area contributed by atoms with Gasteiger partial charge in [-0.15, -0.1) is 0 Å². The molecule has 0 saturated heterocycles. The molecule has 6 aliphatic rings. The first-order valence-corrected chi connectivity index (χ1v) is 44.8. The molecule has 6 saturated carbocycles. The number of ether oxygens (including phenoxy) is 3. The molecule has 6 aliphatic carbocycles. The zero-order valence-corrected chi connectivity index (χ0v) is 84.0. The van der Waals surface area contributed by atoms with E-state index in [1.807, 2.05) is 76.6 Å². The molecule has 700 valence electrons. The molecule has 13 nitrogen and oxygen atoms in total. The highest BCUT2D eigenvalue weighted by molar-refractivity contribution is 5.93. The lowest BCUT2D eigenvalue weighted by molar-refractivity contribution is -0.0986. The first-order chi connectivity index (χ1) is 51.4. The molecule has 6 fully saturated rings. The number of hydrogen-bond acceptors (Lipinski definition) is 13. The van der Waals surface area contributed by atoms with E-state index in [0.29, 0.717) is 89.1 Å². The van der Waals surface area contributed by atoms with Gasteiger partial charge in [0.05, 0.1) is 48.4 Å². The summed E-state index contributed by atoms with van der Waals surface area (Å²) in [6, 6.07) is 0. The first-order valence-electron chi connectivity index (χ1n) is 44.8. The van der Waals surface area contributed by atoms with Crippen LogP contribution in [0.5, 0.6) is 0 Å². The zero-order chi connectivity index (χ0) is 92.0. The van der Waals surface area contributed by atoms with E-state index in [0.717, 1.165) is 49.8 Å². The predicted molar refractivity (Wildman–Crippen MR) is 495 cm³/mol. The van der Waals surface area contributed by atoms with Crippen molar-refractivity contribution in [2.75, 3.05) is 55.7 Å². The molecule has 115 heavy (non-hydrogen) atoms. The second-order valence-corrected chi connectivity index (χ2v) is 42.9. The number of aliphatic imine (C=N–C) groups is 2. The number of rotatable bonds is 24. The summed E-state index contributed by atoms with van der Waals surface area (Å²) >= 11 is 0. The Hall–Kier alpha value is -1.83.